The Morgan fingerprint density at radius 2 is 1.76 bits per heavy atom. The molecule has 126 valence electrons. The fraction of sp³-hybridized carbons (Fsp3) is 0.150. The maximum absolute atomic E-state index is 12.8. The van der Waals surface area contributed by atoms with Crippen molar-refractivity contribution < 1.29 is 4.79 Å². The highest BCUT2D eigenvalue weighted by Gasteiger charge is 2.19. The molecule has 1 aromatic heterocycles. The van der Waals surface area contributed by atoms with Gasteiger partial charge in [0.05, 0.1) is 9.46 Å². The second-order valence-electron chi connectivity index (χ2n) is 5.68. The van der Waals surface area contributed by atoms with E-state index >= 15 is 0 Å². The van der Waals surface area contributed by atoms with Gasteiger partial charge in [-0.25, -0.2) is 0 Å². The van der Waals surface area contributed by atoms with Crippen molar-refractivity contribution in [3.05, 3.63) is 76.5 Å². The summed E-state index contributed by atoms with van der Waals surface area (Å²) >= 11 is 5.43. The number of amides is 1. The summed E-state index contributed by atoms with van der Waals surface area (Å²) in [4.78, 5) is 13.5. The molecule has 0 atom stereocenters. The van der Waals surface area contributed by atoms with Crippen LogP contribution in [0.25, 0.3) is 11.1 Å². The lowest BCUT2D eigenvalue weighted by Gasteiger charge is -2.11. The van der Waals surface area contributed by atoms with Crippen LogP contribution in [0.5, 0.6) is 0 Å². The van der Waals surface area contributed by atoms with Gasteiger partial charge >= 0.3 is 0 Å². The summed E-state index contributed by atoms with van der Waals surface area (Å²) in [6.07, 6.45) is 0. The lowest BCUT2D eigenvalue weighted by molar-refractivity contribution is 0.103. The van der Waals surface area contributed by atoms with E-state index in [2.05, 4.69) is 17.4 Å². The summed E-state index contributed by atoms with van der Waals surface area (Å²) < 4.78 is 0.485. The molecule has 2 heterocycles. The van der Waals surface area contributed by atoms with Crippen LogP contribution in [-0.2, 0) is 0 Å². The molecule has 0 bridgehead atoms. The Kier molecular flexibility index (Phi) is 5.15. The van der Waals surface area contributed by atoms with Crippen LogP contribution in [0.3, 0.4) is 0 Å². The minimum atomic E-state index is -0.0438. The van der Waals surface area contributed by atoms with E-state index in [-0.39, 0.29) is 5.91 Å². The average Bonchev–Trinajstić information content (AvgIpc) is 3.34. The van der Waals surface area contributed by atoms with Gasteiger partial charge in [0.1, 0.15) is 0 Å². The van der Waals surface area contributed by atoms with Gasteiger partial charge in [0.2, 0.25) is 0 Å². The monoisotopic (exact) mass is 383 g/mol. The standard InChI is InChI=1S/C20H17NOS3/c22-19(18-17(9-10-23-18)14-5-2-1-3-6-14)21-16-8-4-7-15(13-16)20-24-11-12-25-20/h1-10,13,20H,11-12H2,(H,21,22). The largest absolute Gasteiger partial charge is 0.321 e. The minimum absolute atomic E-state index is 0.0438. The number of thiophene rings is 1. The first-order chi connectivity index (χ1) is 12.3. The zero-order valence-electron chi connectivity index (χ0n) is 13.5. The van der Waals surface area contributed by atoms with E-state index in [9.17, 15) is 4.79 Å². The first-order valence-corrected chi connectivity index (χ1v) is 11.1. The van der Waals surface area contributed by atoms with Crippen LogP contribution in [0.1, 0.15) is 19.8 Å². The normalized spacial score (nSPS) is 14.6. The lowest BCUT2D eigenvalue weighted by Crippen LogP contribution is -2.11. The van der Waals surface area contributed by atoms with E-state index in [0.29, 0.717) is 4.58 Å². The molecule has 1 saturated heterocycles. The van der Waals surface area contributed by atoms with Crippen molar-refractivity contribution in [1.82, 2.24) is 0 Å². The number of carbonyl (C=O) groups is 1. The number of anilines is 1. The fourth-order valence-electron chi connectivity index (χ4n) is 2.83. The number of thioether (sulfide) groups is 2. The van der Waals surface area contributed by atoms with Gasteiger partial charge in [-0.3, -0.25) is 4.79 Å². The van der Waals surface area contributed by atoms with Gasteiger partial charge in [-0.05, 0) is 34.7 Å². The molecule has 5 heteroatoms. The van der Waals surface area contributed by atoms with E-state index in [1.807, 2.05) is 77.4 Å². The molecule has 0 saturated carbocycles. The average molecular weight is 384 g/mol. The zero-order valence-corrected chi connectivity index (χ0v) is 15.9. The zero-order chi connectivity index (χ0) is 17.1. The van der Waals surface area contributed by atoms with Crippen molar-refractivity contribution >= 4 is 46.5 Å². The highest BCUT2D eigenvalue weighted by Crippen LogP contribution is 2.45. The second-order valence-corrected chi connectivity index (χ2v) is 9.32. The Hall–Kier alpha value is -1.69. The number of hydrogen-bond acceptors (Lipinski definition) is 4. The molecule has 1 aliphatic rings. The molecule has 4 rings (SSSR count). The van der Waals surface area contributed by atoms with Crippen molar-refractivity contribution in [2.24, 2.45) is 0 Å². The predicted octanol–water partition coefficient (Wildman–Crippen LogP) is 6.15. The Bertz CT molecular complexity index is 869. The van der Waals surface area contributed by atoms with Crippen LogP contribution in [-0.4, -0.2) is 17.4 Å². The third kappa shape index (κ3) is 3.78. The molecule has 0 unspecified atom stereocenters. The van der Waals surface area contributed by atoms with Crippen molar-refractivity contribution in [3.63, 3.8) is 0 Å². The first-order valence-electron chi connectivity index (χ1n) is 8.09. The van der Waals surface area contributed by atoms with Gasteiger partial charge in [0.25, 0.3) is 5.91 Å². The molecule has 3 aromatic rings. The fourth-order valence-corrected chi connectivity index (χ4v) is 6.48. The third-order valence-electron chi connectivity index (χ3n) is 3.99. The molecular weight excluding hydrogens is 366 g/mol. The Labute approximate surface area is 160 Å². The third-order valence-corrected chi connectivity index (χ3v) is 8.01. The molecule has 0 spiro atoms. The molecule has 0 radical (unpaired) electrons. The molecule has 1 fully saturated rings. The Morgan fingerprint density at radius 3 is 2.56 bits per heavy atom. The van der Waals surface area contributed by atoms with E-state index in [1.54, 1.807) is 0 Å². The smallest absolute Gasteiger partial charge is 0.266 e. The summed E-state index contributed by atoms with van der Waals surface area (Å²) in [5, 5.41) is 5.04. The number of hydrogen-bond donors (Lipinski definition) is 1. The van der Waals surface area contributed by atoms with Crippen LogP contribution in [0.4, 0.5) is 5.69 Å². The van der Waals surface area contributed by atoms with Gasteiger partial charge in [0, 0.05) is 22.8 Å². The second kappa shape index (κ2) is 7.68. The molecule has 1 aliphatic heterocycles. The summed E-state index contributed by atoms with van der Waals surface area (Å²) in [5.41, 5.74) is 4.20. The van der Waals surface area contributed by atoms with Crippen LogP contribution >= 0.6 is 34.9 Å². The SMILES string of the molecule is O=C(Nc1cccc(C2SCCS2)c1)c1sccc1-c1ccccc1. The summed E-state index contributed by atoms with van der Waals surface area (Å²) in [5.74, 6) is 2.35. The Balaban J connectivity index is 1.55. The molecule has 1 N–H and O–H groups in total. The summed E-state index contributed by atoms with van der Waals surface area (Å²) in [6, 6.07) is 20.3. The van der Waals surface area contributed by atoms with Gasteiger partial charge in [0.15, 0.2) is 0 Å². The number of nitrogens with one attached hydrogen (secondary N) is 1. The van der Waals surface area contributed by atoms with Crippen LogP contribution in [0.15, 0.2) is 66.0 Å². The maximum atomic E-state index is 12.8. The molecule has 2 aromatic carbocycles. The molecule has 25 heavy (non-hydrogen) atoms. The highest BCUT2D eigenvalue weighted by molar-refractivity contribution is 8.19. The predicted molar refractivity (Wildman–Crippen MR) is 112 cm³/mol. The van der Waals surface area contributed by atoms with Crippen molar-refractivity contribution in [3.8, 4) is 11.1 Å². The van der Waals surface area contributed by atoms with E-state index < -0.39 is 0 Å². The topological polar surface area (TPSA) is 29.1 Å². The summed E-state index contributed by atoms with van der Waals surface area (Å²) in [7, 11) is 0. The molecule has 0 aliphatic carbocycles. The summed E-state index contributed by atoms with van der Waals surface area (Å²) in [6.45, 7) is 0. The number of carbonyl (C=O) groups excluding carboxylic acids is 1. The maximum Gasteiger partial charge on any atom is 0.266 e. The lowest BCUT2D eigenvalue weighted by atomic mass is 10.1. The van der Waals surface area contributed by atoms with E-state index in [1.165, 1.54) is 28.4 Å². The van der Waals surface area contributed by atoms with Crippen LogP contribution in [0, 0.1) is 0 Å². The number of rotatable bonds is 4. The minimum Gasteiger partial charge on any atom is -0.321 e. The van der Waals surface area contributed by atoms with Crippen molar-refractivity contribution in [1.29, 1.82) is 0 Å². The van der Waals surface area contributed by atoms with E-state index in [0.717, 1.165) is 21.7 Å². The van der Waals surface area contributed by atoms with Crippen LogP contribution in [0.2, 0.25) is 0 Å². The molecule has 1 amide bonds. The van der Waals surface area contributed by atoms with Gasteiger partial charge in [-0.1, -0.05) is 42.5 Å². The molecular formula is C20H17NOS3. The van der Waals surface area contributed by atoms with E-state index in [4.69, 9.17) is 0 Å². The van der Waals surface area contributed by atoms with Gasteiger partial charge in [-0.15, -0.1) is 34.9 Å². The van der Waals surface area contributed by atoms with Gasteiger partial charge in [-0.2, -0.15) is 0 Å². The first kappa shape index (κ1) is 16.8. The Morgan fingerprint density at radius 1 is 0.960 bits per heavy atom. The van der Waals surface area contributed by atoms with Crippen LogP contribution < -0.4 is 5.32 Å². The number of benzene rings is 2. The van der Waals surface area contributed by atoms with Crippen molar-refractivity contribution in [2.75, 3.05) is 16.8 Å². The van der Waals surface area contributed by atoms with Crippen molar-refractivity contribution in [2.45, 2.75) is 4.58 Å². The van der Waals surface area contributed by atoms with Gasteiger partial charge < -0.3 is 5.32 Å². The highest BCUT2D eigenvalue weighted by atomic mass is 32.2. The quantitative estimate of drug-likeness (QED) is 0.586. The molecule has 2 nitrogen and oxygen atoms in total.